The summed E-state index contributed by atoms with van der Waals surface area (Å²) >= 11 is 0. The van der Waals surface area contributed by atoms with Crippen molar-refractivity contribution in [1.29, 1.82) is 0 Å². The quantitative estimate of drug-likeness (QED) is 0.464. The Morgan fingerprint density at radius 1 is 1.00 bits per heavy atom. The molecule has 4 nitrogen and oxygen atoms in total. The van der Waals surface area contributed by atoms with E-state index in [9.17, 15) is 35.5 Å². The van der Waals surface area contributed by atoms with Crippen LogP contribution in [-0.2, 0) is 6.18 Å². The molecule has 0 spiro atoms. The molecular formula is C21H14F7N3O. The third-order valence-corrected chi connectivity index (χ3v) is 4.33. The van der Waals surface area contributed by atoms with Gasteiger partial charge in [0.05, 0.1) is 11.9 Å². The predicted octanol–water partition coefficient (Wildman–Crippen LogP) is 5.82. The van der Waals surface area contributed by atoms with Crippen molar-refractivity contribution in [3.8, 4) is 11.1 Å². The second-order valence-electron chi connectivity index (χ2n) is 6.76. The molecule has 0 fully saturated rings. The van der Waals surface area contributed by atoms with Gasteiger partial charge >= 0.3 is 12.4 Å². The first kappa shape index (κ1) is 23.2. The smallest absolute Gasteiger partial charge is 0.297 e. The van der Waals surface area contributed by atoms with Crippen molar-refractivity contribution in [2.75, 3.05) is 11.4 Å². The fourth-order valence-electron chi connectivity index (χ4n) is 3.05. The first-order chi connectivity index (χ1) is 14.9. The maximum Gasteiger partial charge on any atom is 0.433 e. The van der Waals surface area contributed by atoms with E-state index in [1.54, 1.807) is 0 Å². The predicted molar refractivity (Wildman–Crippen MR) is 101 cm³/mol. The number of hydrogen-bond donors (Lipinski definition) is 0. The van der Waals surface area contributed by atoms with Gasteiger partial charge in [-0.3, -0.25) is 14.7 Å². The Morgan fingerprint density at radius 3 is 2.31 bits per heavy atom. The van der Waals surface area contributed by atoms with E-state index >= 15 is 0 Å². The van der Waals surface area contributed by atoms with E-state index < -0.39 is 47.6 Å². The topological polar surface area (TPSA) is 46.1 Å². The van der Waals surface area contributed by atoms with Crippen molar-refractivity contribution >= 4 is 11.6 Å². The third-order valence-electron chi connectivity index (χ3n) is 4.33. The lowest BCUT2D eigenvalue weighted by atomic mass is 10.0. The Morgan fingerprint density at radius 2 is 1.69 bits per heavy atom. The number of carbonyl (C=O) groups excluding carboxylic acids is 1. The van der Waals surface area contributed by atoms with E-state index in [-0.39, 0.29) is 21.7 Å². The highest BCUT2D eigenvalue weighted by molar-refractivity contribution is 6.08. The summed E-state index contributed by atoms with van der Waals surface area (Å²) in [4.78, 5) is 20.3. The number of anilines is 1. The molecule has 0 N–H and O–H groups in total. The van der Waals surface area contributed by atoms with Gasteiger partial charge in [-0.15, -0.1) is 0 Å². The van der Waals surface area contributed by atoms with Crippen molar-refractivity contribution in [3.63, 3.8) is 0 Å². The lowest BCUT2D eigenvalue weighted by molar-refractivity contribution is -0.141. The molecule has 0 atom stereocenters. The second-order valence-corrected chi connectivity index (χ2v) is 6.76. The van der Waals surface area contributed by atoms with E-state index in [0.29, 0.717) is 6.07 Å². The highest BCUT2D eigenvalue weighted by atomic mass is 19.4. The minimum Gasteiger partial charge on any atom is -0.297 e. The third kappa shape index (κ3) is 5.21. The van der Waals surface area contributed by atoms with Crippen molar-refractivity contribution in [2.24, 2.45) is 0 Å². The fourth-order valence-corrected chi connectivity index (χ4v) is 3.05. The molecular weight excluding hydrogens is 443 g/mol. The maximum atomic E-state index is 14.3. The van der Waals surface area contributed by atoms with Crippen LogP contribution in [0.25, 0.3) is 11.1 Å². The molecule has 3 aromatic rings. The largest absolute Gasteiger partial charge is 0.433 e. The lowest BCUT2D eigenvalue weighted by Crippen LogP contribution is -2.39. The summed E-state index contributed by atoms with van der Waals surface area (Å²) in [6.45, 7) is -0.656. The van der Waals surface area contributed by atoms with Gasteiger partial charge in [-0.05, 0) is 31.2 Å². The molecule has 32 heavy (non-hydrogen) atoms. The Hall–Kier alpha value is -3.50. The Balaban J connectivity index is 2.18. The molecule has 2 aromatic heterocycles. The van der Waals surface area contributed by atoms with Gasteiger partial charge < -0.3 is 0 Å². The van der Waals surface area contributed by atoms with Gasteiger partial charge in [0.2, 0.25) is 0 Å². The zero-order valence-corrected chi connectivity index (χ0v) is 16.3. The summed E-state index contributed by atoms with van der Waals surface area (Å²) < 4.78 is 93.7. The zero-order valence-electron chi connectivity index (χ0n) is 16.3. The SMILES string of the molecule is Cc1cc(C(=O)N(CC(F)(F)F)c2cnccc2-c2ccccc2F)cc(C(F)(F)F)n1. The van der Waals surface area contributed by atoms with Gasteiger partial charge in [0.15, 0.2) is 0 Å². The standard InChI is InChI=1S/C21H14F7N3O/c1-12-8-13(9-18(30-12)21(26,27)28)19(32)31(11-20(23,24)25)17-10-29-7-6-15(17)14-4-2-3-5-16(14)22/h2-10H,11H2,1H3. The van der Waals surface area contributed by atoms with E-state index in [2.05, 4.69) is 9.97 Å². The average Bonchev–Trinajstić information content (AvgIpc) is 2.70. The Kier molecular flexibility index (Phi) is 6.20. The maximum absolute atomic E-state index is 14.3. The van der Waals surface area contributed by atoms with Crippen LogP contribution in [0.2, 0.25) is 0 Å². The number of rotatable bonds is 4. The summed E-state index contributed by atoms with van der Waals surface area (Å²) in [6.07, 6.45) is -7.71. The van der Waals surface area contributed by atoms with Crippen LogP contribution in [0.1, 0.15) is 21.7 Å². The molecule has 3 rings (SSSR count). The summed E-state index contributed by atoms with van der Waals surface area (Å²) in [7, 11) is 0. The van der Waals surface area contributed by atoms with Crippen LogP contribution in [0, 0.1) is 12.7 Å². The molecule has 0 unspecified atom stereocenters. The summed E-state index contributed by atoms with van der Waals surface area (Å²) in [6, 6.07) is 7.72. The summed E-state index contributed by atoms with van der Waals surface area (Å²) in [5.41, 5.74) is -2.89. The van der Waals surface area contributed by atoms with Gasteiger partial charge in [0, 0.05) is 28.6 Å². The van der Waals surface area contributed by atoms with Crippen molar-refractivity contribution in [2.45, 2.75) is 19.3 Å². The van der Waals surface area contributed by atoms with E-state index in [0.717, 1.165) is 18.3 Å². The van der Waals surface area contributed by atoms with Crippen molar-refractivity contribution < 1.29 is 35.5 Å². The number of pyridine rings is 2. The van der Waals surface area contributed by atoms with Crippen LogP contribution in [-0.4, -0.2) is 28.6 Å². The van der Waals surface area contributed by atoms with Crippen molar-refractivity contribution in [3.05, 3.63) is 77.6 Å². The van der Waals surface area contributed by atoms with Crippen molar-refractivity contribution in [1.82, 2.24) is 9.97 Å². The van der Waals surface area contributed by atoms with Gasteiger partial charge in [-0.25, -0.2) is 9.37 Å². The number of hydrogen-bond acceptors (Lipinski definition) is 3. The normalized spacial score (nSPS) is 12.0. The summed E-state index contributed by atoms with van der Waals surface area (Å²) in [5, 5.41) is 0. The van der Waals surface area contributed by atoms with Gasteiger partial charge in [0.1, 0.15) is 18.1 Å². The lowest BCUT2D eigenvalue weighted by Gasteiger charge is -2.26. The number of aryl methyl sites for hydroxylation is 1. The molecule has 0 aliphatic heterocycles. The zero-order chi connectivity index (χ0) is 23.7. The van der Waals surface area contributed by atoms with Crippen LogP contribution in [0.4, 0.5) is 36.4 Å². The van der Waals surface area contributed by atoms with Crippen LogP contribution < -0.4 is 4.90 Å². The average molecular weight is 457 g/mol. The van der Waals surface area contributed by atoms with E-state index in [4.69, 9.17) is 0 Å². The minimum absolute atomic E-state index is 0.0856. The number of halogens is 7. The molecule has 0 saturated heterocycles. The van der Waals surface area contributed by atoms with Crippen LogP contribution in [0.3, 0.4) is 0 Å². The number of nitrogens with zero attached hydrogens (tertiary/aromatic N) is 3. The number of benzene rings is 1. The van der Waals surface area contributed by atoms with Crippen LogP contribution in [0.5, 0.6) is 0 Å². The van der Waals surface area contributed by atoms with Gasteiger partial charge in [-0.1, -0.05) is 18.2 Å². The molecule has 0 saturated carbocycles. The number of alkyl halides is 6. The molecule has 0 bridgehead atoms. The number of aromatic nitrogens is 2. The highest BCUT2D eigenvalue weighted by Gasteiger charge is 2.37. The minimum atomic E-state index is -4.91. The van der Waals surface area contributed by atoms with Gasteiger partial charge in [-0.2, -0.15) is 26.3 Å². The molecule has 1 aromatic carbocycles. The number of amides is 1. The monoisotopic (exact) mass is 457 g/mol. The number of carbonyl (C=O) groups is 1. The molecule has 2 heterocycles. The molecule has 0 aliphatic carbocycles. The highest BCUT2D eigenvalue weighted by Crippen LogP contribution is 2.35. The summed E-state index contributed by atoms with van der Waals surface area (Å²) in [5.74, 6) is -2.14. The molecule has 11 heteroatoms. The Bertz CT molecular complexity index is 1140. The molecule has 168 valence electrons. The van der Waals surface area contributed by atoms with E-state index in [1.807, 2.05) is 0 Å². The van der Waals surface area contributed by atoms with Gasteiger partial charge in [0.25, 0.3) is 5.91 Å². The fraction of sp³-hybridized carbons (Fsp3) is 0.190. The first-order valence-electron chi connectivity index (χ1n) is 9.00. The van der Waals surface area contributed by atoms with E-state index in [1.165, 1.54) is 37.4 Å². The van der Waals surface area contributed by atoms with Crippen LogP contribution in [0.15, 0.2) is 54.9 Å². The first-order valence-corrected chi connectivity index (χ1v) is 9.00. The molecule has 0 aliphatic rings. The Labute approximate surface area is 177 Å². The second kappa shape index (κ2) is 8.56. The molecule has 1 amide bonds. The molecule has 0 radical (unpaired) electrons. The van der Waals surface area contributed by atoms with Crippen LogP contribution >= 0.6 is 0 Å².